The number of morpholine rings is 1. The van der Waals surface area contributed by atoms with Gasteiger partial charge in [0.15, 0.2) is 0 Å². The first-order valence-electron chi connectivity index (χ1n) is 5.34. The fourth-order valence-electron chi connectivity index (χ4n) is 1.82. The first-order valence-corrected chi connectivity index (χ1v) is 5.34. The number of carbonyl (C=O) groups is 1. The lowest BCUT2D eigenvalue weighted by Crippen LogP contribution is -2.50. The molecular weight excluding hydrogens is 204 g/mol. The Balaban J connectivity index is 2.11. The molecule has 0 atom stereocenters. The minimum absolute atomic E-state index is 0.0119. The molecule has 4 nitrogen and oxygen atoms in total. The van der Waals surface area contributed by atoms with Crippen LogP contribution >= 0.6 is 0 Å². The van der Waals surface area contributed by atoms with E-state index >= 15 is 0 Å². The van der Waals surface area contributed by atoms with E-state index in [2.05, 4.69) is 11.2 Å². The summed E-state index contributed by atoms with van der Waals surface area (Å²) in [5.74, 6) is 0.0119. The summed E-state index contributed by atoms with van der Waals surface area (Å²) in [4.78, 5) is 17.7. The SMILES string of the molecule is CC1(C)CN(C(=O)c2cc[c]nc2)CCO1. The van der Waals surface area contributed by atoms with Gasteiger partial charge in [0, 0.05) is 19.3 Å². The van der Waals surface area contributed by atoms with Gasteiger partial charge in [-0.1, -0.05) is 0 Å². The van der Waals surface area contributed by atoms with E-state index in [0.29, 0.717) is 25.3 Å². The number of hydrogen-bond donors (Lipinski definition) is 0. The maximum atomic E-state index is 12.1. The van der Waals surface area contributed by atoms with Crippen LogP contribution in [0.15, 0.2) is 18.3 Å². The Hall–Kier alpha value is -1.42. The summed E-state index contributed by atoms with van der Waals surface area (Å²) in [5, 5.41) is 0. The molecule has 1 saturated heterocycles. The second kappa shape index (κ2) is 4.22. The molecule has 0 N–H and O–H groups in total. The number of amides is 1. The lowest BCUT2D eigenvalue weighted by Gasteiger charge is -2.38. The molecule has 4 heteroatoms. The highest BCUT2D eigenvalue weighted by Gasteiger charge is 2.30. The molecule has 1 aromatic heterocycles. The summed E-state index contributed by atoms with van der Waals surface area (Å²) < 4.78 is 5.57. The Kier molecular flexibility index (Phi) is 2.92. The van der Waals surface area contributed by atoms with Crippen molar-refractivity contribution >= 4 is 5.91 Å². The standard InChI is InChI=1S/C12H15N2O2/c1-12(2)9-14(6-7-16-12)11(15)10-4-3-5-13-8-10/h3-4,8H,6-7,9H2,1-2H3. The van der Waals surface area contributed by atoms with Crippen LogP contribution in [-0.2, 0) is 4.74 Å². The Morgan fingerprint density at radius 1 is 1.62 bits per heavy atom. The van der Waals surface area contributed by atoms with Crippen LogP contribution in [0.3, 0.4) is 0 Å². The van der Waals surface area contributed by atoms with Crippen molar-refractivity contribution in [3.05, 3.63) is 30.1 Å². The fourth-order valence-corrected chi connectivity index (χ4v) is 1.82. The predicted molar refractivity (Wildman–Crippen MR) is 59.0 cm³/mol. The molecule has 16 heavy (non-hydrogen) atoms. The summed E-state index contributed by atoms with van der Waals surface area (Å²) in [6, 6.07) is 3.39. The highest BCUT2D eigenvalue weighted by atomic mass is 16.5. The number of pyridine rings is 1. The van der Waals surface area contributed by atoms with E-state index in [1.54, 1.807) is 23.2 Å². The zero-order valence-electron chi connectivity index (χ0n) is 9.56. The van der Waals surface area contributed by atoms with Crippen molar-refractivity contribution in [1.29, 1.82) is 0 Å². The minimum atomic E-state index is -0.262. The summed E-state index contributed by atoms with van der Waals surface area (Å²) in [5.41, 5.74) is 0.346. The number of aromatic nitrogens is 1. The van der Waals surface area contributed by atoms with Gasteiger partial charge in [-0.25, -0.2) is 0 Å². The van der Waals surface area contributed by atoms with Crippen molar-refractivity contribution in [3.8, 4) is 0 Å². The number of hydrogen-bond acceptors (Lipinski definition) is 3. The average molecular weight is 219 g/mol. The van der Waals surface area contributed by atoms with Crippen molar-refractivity contribution in [2.75, 3.05) is 19.7 Å². The Morgan fingerprint density at radius 2 is 2.44 bits per heavy atom. The Morgan fingerprint density at radius 3 is 3.06 bits per heavy atom. The first kappa shape index (κ1) is 11.1. The molecule has 0 saturated carbocycles. The van der Waals surface area contributed by atoms with Gasteiger partial charge in [-0.2, -0.15) is 0 Å². The summed E-state index contributed by atoms with van der Waals surface area (Å²) >= 11 is 0. The molecular formula is C12H15N2O2. The van der Waals surface area contributed by atoms with Gasteiger partial charge in [0.25, 0.3) is 5.91 Å². The van der Waals surface area contributed by atoms with Gasteiger partial charge >= 0.3 is 0 Å². The normalized spacial score (nSPS) is 19.5. The summed E-state index contributed by atoms with van der Waals surface area (Å²) in [6.45, 7) is 5.82. The molecule has 1 fully saturated rings. The van der Waals surface area contributed by atoms with Gasteiger partial charge in [-0.3, -0.25) is 9.78 Å². The minimum Gasteiger partial charge on any atom is -0.372 e. The molecule has 0 aromatic carbocycles. The molecule has 1 aliphatic rings. The molecule has 1 radical (unpaired) electrons. The van der Waals surface area contributed by atoms with Crippen LogP contribution in [0.1, 0.15) is 24.2 Å². The maximum Gasteiger partial charge on any atom is 0.255 e. The van der Waals surface area contributed by atoms with Gasteiger partial charge in [0.1, 0.15) is 0 Å². The van der Waals surface area contributed by atoms with E-state index in [1.807, 2.05) is 13.8 Å². The van der Waals surface area contributed by atoms with Crippen LogP contribution in [-0.4, -0.2) is 41.1 Å². The maximum absolute atomic E-state index is 12.1. The third kappa shape index (κ3) is 2.39. The van der Waals surface area contributed by atoms with Gasteiger partial charge in [-0.15, -0.1) is 0 Å². The molecule has 1 aliphatic heterocycles. The van der Waals surface area contributed by atoms with E-state index in [0.717, 1.165) is 0 Å². The zero-order valence-corrected chi connectivity index (χ0v) is 9.56. The van der Waals surface area contributed by atoms with Gasteiger partial charge in [0.2, 0.25) is 0 Å². The number of ether oxygens (including phenoxy) is 1. The van der Waals surface area contributed by atoms with E-state index in [9.17, 15) is 4.79 Å². The van der Waals surface area contributed by atoms with Crippen molar-refractivity contribution in [1.82, 2.24) is 9.88 Å². The topological polar surface area (TPSA) is 42.4 Å². The average Bonchev–Trinajstić information content (AvgIpc) is 2.28. The molecule has 2 heterocycles. The summed E-state index contributed by atoms with van der Waals surface area (Å²) in [6.07, 6.45) is 4.21. The highest BCUT2D eigenvalue weighted by Crippen LogP contribution is 2.18. The molecule has 1 amide bonds. The van der Waals surface area contributed by atoms with Crippen LogP contribution in [0.2, 0.25) is 0 Å². The van der Waals surface area contributed by atoms with Gasteiger partial charge in [-0.05, 0) is 26.0 Å². The number of carbonyl (C=O) groups excluding carboxylic acids is 1. The Bertz CT molecular complexity index is 376. The van der Waals surface area contributed by atoms with E-state index in [-0.39, 0.29) is 11.5 Å². The highest BCUT2D eigenvalue weighted by molar-refractivity contribution is 5.93. The van der Waals surface area contributed by atoms with Crippen LogP contribution in [0.5, 0.6) is 0 Å². The van der Waals surface area contributed by atoms with Crippen LogP contribution < -0.4 is 0 Å². The van der Waals surface area contributed by atoms with E-state index < -0.39 is 0 Å². The summed E-state index contributed by atoms with van der Waals surface area (Å²) in [7, 11) is 0. The van der Waals surface area contributed by atoms with Crippen molar-refractivity contribution in [2.24, 2.45) is 0 Å². The van der Waals surface area contributed by atoms with Crippen molar-refractivity contribution in [3.63, 3.8) is 0 Å². The molecule has 0 unspecified atom stereocenters. The molecule has 2 rings (SSSR count). The van der Waals surface area contributed by atoms with Gasteiger partial charge < -0.3 is 9.64 Å². The smallest absolute Gasteiger partial charge is 0.255 e. The third-order valence-electron chi connectivity index (χ3n) is 2.58. The largest absolute Gasteiger partial charge is 0.372 e. The van der Waals surface area contributed by atoms with E-state index in [4.69, 9.17) is 4.74 Å². The number of nitrogens with zero attached hydrogens (tertiary/aromatic N) is 2. The Labute approximate surface area is 95.2 Å². The predicted octanol–water partition coefficient (Wildman–Crippen LogP) is 1.13. The first-order chi connectivity index (χ1) is 7.58. The zero-order chi connectivity index (χ0) is 11.6. The lowest BCUT2D eigenvalue weighted by atomic mass is 10.1. The molecule has 1 aromatic rings. The molecule has 0 aliphatic carbocycles. The molecule has 0 spiro atoms. The van der Waals surface area contributed by atoms with Gasteiger partial charge in [0.05, 0.1) is 24.0 Å². The van der Waals surface area contributed by atoms with Crippen LogP contribution in [0.25, 0.3) is 0 Å². The molecule has 0 bridgehead atoms. The van der Waals surface area contributed by atoms with Crippen molar-refractivity contribution in [2.45, 2.75) is 19.4 Å². The quantitative estimate of drug-likeness (QED) is 0.711. The fraction of sp³-hybridized carbons (Fsp3) is 0.500. The van der Waals surface area contributed by atoms with Crippen LogP contribution in [0, 0.1) is 6.20 Å². The molecule has 85 valence electrons. The lowest BCUT2D eigenvalue weighted by molar-refractivity contribution is -0.0764. The number of rotatable bonds is 1. The second-order valence-corrected chi connectivity index (χ2v) is 4.51. The van der Waals surface area contributed by atoms with Crippen molar-refractivity contribution < 1.29 is 9.53 Å². The van der Waals surface area contributed by atoms with E-state index in [1.165, 1.54) is 0 Å². The monoisotopic (exact) mass is 219 g/mol. The van der Waals surface area contributed by atoms with Crippen LogP contribution in [0.4, 0.5) is 0 Å². The second-order valence-electron chi connectivity index (χ2n) is 4.51. The third-order valence-corrected chi connectivity index (χ3v) is 2.58.